The lowest BCUT2D eigenvalue weighted by molar-refractivity contribution is 0.577. The van der Waals surface area contributed by atoms with E-state index in [4.69, 9.17) is 5.26 Å². The van der Waals surface area contributed by atoms with Crippen molar-refractivity contribution in [3.8, 4) is 11.8 Å². The fraction of sp³-hybridized carbons (Fsp3) is 0.308. The van der Waals surface area contributed by atoms with E-state index in [1.807, 2.05) is 12.1 Å². The minimum absolute atomic E-state index is 0.414. The fourth-order valence-electron chi connectivity index (χ4n) is 1.51. The molecule has 0 radical (unpaired) electrons. The standard InChI is InChI=1S/C13H15N5/c1-10(2)15-8-12-9-16-18(17-12)13-5-3-4-11(6-13)7-14/h3-6,9-10,15H,8H2,1-2H3. The Hall–Kier alpha value is -2.19. The van der Waals surface area contributed by atoms with E-state index >= 15 is 0 Å². The molecular weight excluding hydrogens is 226 g/mol. The van der Waals surface area contributed by atoms with Crippen LogP contribution in [0.25, 0.3) is 5.69 Å². The molecule has 2 rings (SSSR count). The number of nitrogens with one attached hydrogen (secondary N) is 1. The van der Waals surface area contributed by atoms with Gasteiger partial charge in [0.2, 0.25) is 0 Å². The van der Waals surface area contributed by atoms with E-state index in [0.717, 1.165) is 11.4 Å². The van der Waals surface area contributed by atoms with Gasteiger partial charge in [-0.15, -0.1) is 0 Å². The molecule has 5 heteroatoms. The molecule has 0 saturated heterocycles. The zero-order valence-corrected chi connectivity index (χ0v) is 10.5. The Bertz CT molecular complexity index is 565. The van der Waals surface area contributed by atoms with E-state index in [0.29, 0.717) is 18.2 Å². The SMILES string of the molecule is CC(C)NCc1cnn(-c2cccc(C#N)c2)n1. The highest BCUT2D eigenvalue weighted by molar-refractivity contribution is 5.39. The highest BCUT2D eigenvalue weighted by Gasteiger charge is 2.04. The molecule has 5 nitrogen and oxygen atoms in total. The van der Waals surface area contributed by atoms with Gasteiger partial charge in [-0.2, -0.15) is 20.3 Å². The summed E-state index contributed by atoms with van der Waals surface area (Å²) in [6.45, 7) is 4.86. The molecule has 0 atom stereocenters. The van der Waals surface area contributed by atoms with E-state index in [9.17, 15) is 0 Å². The second kappa shape index (κ2) is 5.43. The first-order chi connectivity index (χ1) is 8.69. The summed E-state index contributed by atoms with van der Waals surface area (Å²) in [6, 6.07) is 9.74. The molecule has 0 unspecified atom stereocenters. The average Bonchev–Trinajstić information content (AvgIpc) is 2.85. The maximum atomic E-state index is 8.85. The molecule has 18 heavy (non-hydrogen) atoms. The number of hydrogen-bond acceptors (Lipinski definition) is 4. The molecule has 0 aliphatic carbocycles. The summed E-state index contributed by atoms with van der Waals surface area (Å²) in [7, 11) is 0. The topological polar surface area (TPSA) is 66.5 Å². The van der Waals surface area contributed by atoms with Crippen LogP contribution < -0.4 is 5.32 Å². The van der Waals surface area contributed by atoms with Gasteiger partial charge in [0.05, 0.1) is 29.2 Å². The molecule has 2 aromatic rings. The van der Waals surface area contributed by atoms with Crippen LogP contribution in [0.4, 0.5) is 0 Å². The molecule has 1 aromatic carbocycles. The largest absolute Gasteiger partial charge is 0.309 e. The smallest absolute Gasteiger partial charge is 0.0992 e. The predicted molar refractivity (Wildman–Crippen MR) is 68.0 cm³/mol. The van der Waals surface area contributed by atoms with Crippen LogP contribution in [0, 0.1) is 11.3 Å². The summed E-state index contributed by atoms with van der Waals surface area (Å²) in [5, 5.41) is 20.7. The predicted octanol–water partition coefficient (Wildman–Crippen LogP) is 1.64. The molecule has 0 aliphatic rings. The van der Waals surface area contributed by atoms with Crippen LogP contribution >= 0.6 is 0 Å². The molecule has 1 heterocycles. The van der Waals surface area contributed by atoms with Crippen LogP contribution in [0.3, 0.4) is 0 Å². The molecular formula is C13H15N5. The lowest BCUT2D eigenvalue weighted by Crippen LogP contribution is -2.22. The van der Waals surface area contributed by atoms with Crippen molar-refractivity contribution in [1.29, 1.82) is 5.26 Å². The summed E-state index contributed by atoms with van der Waals surface area (Å²) in [4.78, 5) is 1.54. The highest BCUT2D eigenvalue weighted by Crippen LogP contribution is 2.08. The van der Waals surface area contributed by atoms with Crippen LogP contribution in [0.1, 0.15) is 25.1 Å². The molecule has 92 valence electrons. The van der Waals surface area contributed by atoms with Gasteiger partial charge in [-0.05, 0) is 18.2 Å². The van der Waals surface area contributed by atoms with Crippen molar-refractivity contribution in [3.63, 3.8) is 0 Å². The van der Waals surface area contributed by atoms with Crippen molar-refractivity contribution < 1.29 is 0 Å². The van der Waals surface area contributed by atoms with Crippen LogP contribution in [0.15, 0.2) is 30.5 Å². The third kappa shape index (κ3) is 2.93. The Morgan fingerprint density at radius 3 is 3.00 bits per heavy atom. The lowest BCUT2D eigenvalue weighted by Gasteiger charge is -2.04. The van der Waals surface area contributed by atoms with Gasteiger partial charge in [0, 0.05) is 12.6 Å². The van der Waals surface area contributed by atoms with E-state index < -0.39 is 0 Å². The van der Waals surface area contributed by atoms with Crippen molar-refractivity contribution in [3.05, 3.63) is 41.7 Å². The second-order valence-corrected chi connectivity index (χ2v) is 4.32. The van der Waals surface area contributed by atoms with Crippen molar-refractivity contribution >= 4 is 0 Å². The van der Waals surface area contributed by atoms with Crippen molar-refractivity contribution in [2.24, 2.45) is 0 Å². The number of nitriles is 1. The van der Waals surface area contributed by atoms with Gasteiger partial charge in [0.1, 0.15) is 0 Å². The molecule has 0 bridgehead atoms. The minimum atomic E-state index is 0.414. The summed E-state index contributed by atoms with van der Waals surface area (Å²) in [5.74, 6) is 0. The maximum absolute atomic E-state index is 8.85. The fourth-order valence-corrected chi connectivity index (χ4v) is 1.51. The number of rotatable bonds is 4. The molecule has 0 saturated carbocycles. The molecule has 0 fully saturated rings. The van der Waals surface area contributed by atoms with Gasteiger partial charge in [0.15, 0.2) is 0 Å². The van der Waals surface area contributed by atoms with Crippen LogP contribution in [-0.4, -0.2) is 21.0 Å². The highest BCUT2D eigenvalue weighted by atomic mass is 15.5. The van der Waals surface area contributed by atoms with Crippen LogP contribution in [0.5, 0.6) is 0 Å². The number of hydrogen-bond donors (Lipinski definition) is 1. The van der Waals surface area contributed by atoms with Crippen LogP contribution in [-0.2, 0) is 6.54 Å². The van der Waals surface area contributed by atoms with Crippen LogP contribution in [0.2, 0.25) is 0 Å². The summed E-state index contributed by atoms with van der Waals surface area (Å²) in [6.07, 6.45) is 1.73. The Morgan fingerprint density at radius 2 is 2.28 bits per heavy atom. The maximum Gasteiger partial charge on any atom is 0.0992 e. The number of benzene rings is 1. The van der Waals surface area contributed by atoms with Gasteiger partial charge >= 0.3 is 0 Å². The van der Waals surface area contributed by atoms with Crippen molar-refractivity contribution in [2.45, 2.75) is 26.4 Å². The Labute approximate surface area is 106 Å². The Morgan fingerprint density at radius 1 is 1.44 bits per heavy atom. The van der Waals surface area contributed by atoms with Gasteiger partial charge in [-0.3, -0.25) is 0 Å². The van der Waals surface area contributed by atoms with Gasteiger partial charge in [0.25, 0.3) is 0 Å². The van der Waals surface area contributed by atoms with Gasteiger partial charge in [-0.1, -0.05) is 19.9 Å². The number of nitrogens with zero attached hydrogens (tertiary/aromatic N) is 4. The molecule has 1 N–H and O–H groups in total. The third-order valence-electron chi connectivity index (χ3n) is 2.44. The van der Waals surface area contributed by atoms with Crippen molar-refractivity contribution in [1.82, 2.24) is 20.3 Å². The molecule has 1 aromatic heterocycles. The van der Waals surface area contributed by atoms with E-state index in [-0.39, 0.29) is 0 Å². The summed E-state index contributed by atoms with van der Waals surface area (Å²) in [5.41, 5.74) is 2.28. The Kier molecular flexibility index (Phi) is 3.70. The number of aromatic nitrogens is 3. The first-order valence-corrected chi connectivity index (χ1v) is 5.84. The first kappa shape index (κ1) is 12.3. The van der Waals surface area contributed by atoms with E-state index in [1.54, 1.807) is 18.3 Å². The average molecular weight is 241 g/mol. The molecule has 0 spiro atoms. The van der Waals surface area contributed by atoms with E-state index in [2.05, 4.69) is 35.4 Å². The zero-order valence-electron chi connectivity index (χ0n) is 10.5. The first-order valence-electron chi connectivity index (χ1n) is 5.84. The summed E-state index contributed by atoms with van der Waals surface area (Å²) < 4.78 is 0. The normalized spacial score (nSPS) is 10.6. The Balaban J connectivity index is 2.16. The van der Waals surface area contributed by atoms with Gasteiger partial charge < -0.3 is 5.32 Å². The van der Waals surface area contributed by atoms with Gasteiger partial charge in [-0.25, -0.2) is 0 Å². The third-order valence-corrected chi connectivity index (χ3v) is 2.44. The van der Waals surface area contributed by atoms with E-state index in [1.165, 1.54) is 4.80 Å². The summed E-state index contributed by atoms with van der Waals surface area (Å²) >= 11 is 0. The quantitative estimate of drug-likeness (QED) is 0.883. The monoisotopic (exact) mass is 241 g/mol. The van der Waals surface area contributed by atoms with Crippen molar-refractivity contribution in [2.75, 3.05) is 0 Å². The molecule has 0 amide bonds. The molecule has 0 aliphatic heterocycles. The minimum Gasteiger partial charge on any atom is -0.309 e. The zero-order chi connectivity index (χ0) is 13.0. The second-order valence-electron chi connectivity index (χ2n) is 4.32. The lowest BCUT2D eigenvalue weighted by atomic mass is 10.2.